The lowest BCUT2D eigenvalue weighted by Gasteiger charge is -2.23. The third-order valence-electron chi connectivity index (χ3n) is 8.04. The van der Waals surface area contributed by atoms with Gasteiger partial charge in [-0.2, -0.15) is 0 Å². The van der Waals surface area contributed by atoms with Crippen LogP contribution in [0.3, 0.4) is 0 Å². The first-order valence-corrected chi connectivity index (χ1v) is 13.8. The molecule has 0 fully saturated rings. The van der Waals surface area contributed by atoms with Gasteiger partial charge in [-0.25, -0.2) is 0 Å². The highest BCUT2D eigenvalue weighted by molar-refractivity contribution is 5.87. The van der Waals surface area contributed by atoms with E-state index in [1.165, 1.54) is 61.2 Å². The summed E-state index contributed by atoms with van der Waals surface area (Å²) in [6.07, 6.45) is 19.4. The molecule has 6 rings (SSSR count). The van der Waals surface area contributed by atoms with E-state index in [2.05, 4.69) is 141 Å². The van der Waals surface area contributed by atoms with E-state index >= 15 is 0 Å². The minimum atomic E-state index is 0.402. The molecule has 0 unspecified atom stereocenters. The molecule has 4 aromatic carbocycles. The van der Waals surface area contributed by atoms with Crippen molar-refractivity contribution >= 4 is 5.57 Å². The van der Waals surface area contributed by atoms with Gasteiger partial charge in [0.1, 0.15) is 0 Å². The molecule has 0 bridgehead atoms. The van der Waals surface area contributed by atoms with E-state index < -0.39 is 0 Å². The Hall–Kier alpha value is -4.16. The lowest BCUT2D eigenvalue weighted by atomic mass is 9.81. The first kappa shape index (κ1) is 24.2. The molecule has 2 aliphatic rings. The Balaban J connectivity index is 1.60. The monoisotopic (exact) mass is 490 g/mol. The van der Waals surface area contributed by atoms with Gasteiger partial charge < -0.3 is 0 Å². The summed E-state index contributed by atoms with van der Waals surface area (Å²) >= 11 is 0. The summed E-state index contributed by atoms with van der Waals surface area (Å²) in [7, 11) is 0. The lowest BCUT2D eigenvalue weighted by Crippen LogP contribution is -2.03. The van der Waals surface area contributed by atoms with Gasteiger partial charge in [0.2, 0.25) is 0 Å². The molecule has 0 aliphatic heterocycles. The van der Waals surface area contributed by atoms with Gasteiger partial charge in [-0.1, -0.05) is 109 Å². The smallest absolute Gasteiger partial charge is 0.00587 e. The molecule has 0 aromatic heterocycles. The Kier molecular flexibility index (Phi) is 6.80. The van der Waals surface area contributed by atoms with E-state index in [-0.39, 0.29) is 0 Å². The van der Waals surface area contributed by atoms with Gasteiger partial charge in [0.25, 0.3) is 0 Å². The number of hydrogen-bond acceptors (Lipinski definition) is 0. The fourth-order valence-electron chi connectivity index (χ4n) is 5.93. The first-order valence-electron chi connectivity index (χ1n) is 13.8. The van der Waals surface area contributed by atoms with Crippen LogP contribution in [0.2, 0.25) is 0 Å². The van der Waals surface area contributed by atoms with Crippen molar-refractivity contribution in [1.82, 2.24) is 0 Å². The predicted molar refractivity (Wildman–Crippen MR) is 164 cm³/mol. The maximum absolute atomic E-state index is 2.45. The standard InChI is InChI=1S/C38H34/c1-27-35(29-15-7-3-8-16-29)23-33(24-36(27)30-17-9-4-10-18-30)34-25-37(31-19-11-5-12-20-31)28(2)38(26-34)32-21-13-6-14-22-32/h3-5,7-13,15-19,21-26,31H,6,14,20H2,1-2H3/t31-/m0/s1. The van der Waals surface area contributed by atoms with Crippen molar-refractivity contribution in [2.75, 3.05) is 0 Å². The highest BCUT2D eigenvalue weighted by atomic mass is 14.2. The third-order valence-corrected chi connectivity index (χ3v) is 8.04. The Morgan fingerprint density at radius 2 is 1.21 bits per heavy atom. The second-order valence-electron chi connectivity index (χ2n) is 10.5. The highest BCUT2D eigenvalue weighted by Crippen LogP contribution is 2.41. The summed E-state index contributed by atoms with van der Waals surface area (Å²) in [6.45, 7) is 4.57. The molecular formula is C38H34. The average molecular weight is 491 g/mol. The fraction of sp³-hybridized carbons (Fsp3) is 0.158. The predicted octanol–water partition coefficient (Wildman–Crippen LogP) is 10.6. The average Bonchev–Trinajstić information content (AvgIpc) is 2.99. The molecular weight excluding hydrogens is 456 g/mol. The summed E-state index contributed by atoms with van der Waals surface area (Å²) in [4.78, 5) is 0. The highest BCUT2D eigenvalue weighted by Gasteiger charge is 2.19. The third kappa shape index (κ3) is 4.75. The summed E-state index contributed by atoms with van der Waals surface area (Å²) in [5.41, 5.74) is 14.5. The number of hydrogen-bond donors (Lipinski definition) is 0. The van der Waals surface area contributed by atoms with Crippen molar-refractivity contribution in [3.8, 4) is 33.4 Å². The van der Waals surface area contributed by atoms with Crippen LogP contribution in [0.15, 0.2) is 127 Å². The molecule has 38 heavy (non-hydrogen) atoms. The van der Waals surface area contributed by atoms with Crippen LogP contribution in [-0.4, -0.2) is 0 Å². The quantitative estimate of drug-likeness (QED) is 0.261. The van der Waals surface area contributed by atoms with Crippen LogP contribution in [0.1, 0.15) is 47.4 Å². The molecule has 0 saturated heterocycles. The zero-order valence-electron chi connectivity index (χ0n) is 22.3. The molecule has 0 heterocycles. The van der Waals surface area contributed by atoms with Crippen molar-refractivity contribution in [2.24, 2.45) is 0 Å². The van der Waals surface area contributed by atoms with E-state index in [9.17, 15) is 0 Å². The van der Waals surface area contributed by atoms with Crippen LogP contribution in [0.25, 0.3) is 39.0 Å². The van der Waals surface area contributed by atoms with E-state index in [0.717, 1.165) is 19.3 Å². The molecule has 0 heteroatoms. The molecule has 0 saturated carbocycles. The van der Waals surface area contributed by atoms with Gasteiger partial charge >= 0.3 is 0 Å². The summed E-state index contributed by atoms with van der Waals surface area (Å²) in [5, 5.41) is 0. The van der Waals surface area contributed by atoms with Crippen LogP contribution in [-0.2, 0) is 0 Å². The van der Waals surface area contributed by atoms with E-state index in [1.54, 1.807) is 0 Å². The SMILES string of the molecule is Cc1c(-c2ccccc2)cc(-c2cc(C3=CCCC=C3)c(C)c([C@H]3C=CC=CC3)c2)cc1-c1ccccc1. The number of rotatable bonds is 5. The Labute approximate surface area is 227 Å². The number of allylic oxidation sites excluding steroid dienone is 8. The van der Waals surface area contributed by atoms with Crippen LogP contribution < -0.4 is 0 Å². The van der Waals surface area contributed by atoms with E-state index in [1.807, 2.05) is 0 Å². The van der Waals surface area contributed by atoms with Crippen molar-refractivity contribution in [1.29, 1.82) is 0 Å². The van der Waals surface area contributed by atoms with Crippen molar-refractivity contribution in [3.63, 3.8) is 0 Å². The van der Waals surface area contributed by atoms with E-state index in [4.69, 9.17) is 0 Å². The second kappa shape index (κ2) is 10.7. The molecule has 1 atom stereocenters. The maximum Gasteiger partial charge on any atom is 0.00587 e. The second-order valence-corrected chi connectivity index (χ2v) is 10.5. The Morgan fingerprint density at radius 1 is 0.579 bits per heavy atom. The van der Waals surface area contributed by atoms with Gasteiger partial charge in [0, 0.05) is 5.92 Å². The van der Waals surface area contributed by atoms with Gasteiger partial charge in [-0.15, -0.1) is 0 Å². The van der Waals surface area contributed by atoms with Gasteiger partial charge in [-0.3, -0.25) is 0 Å². The lowest BCUT2D eigenvalue weighted by molar-refractivity contribution is 0.844. The maximum atomic E-state index is 2.45. The largest absolute Gasteiger partial charge is 0.0836 e. The van der Waals surface area contributed by atoms with Gasteiger partial charge in [0.15, 0.2) is 0 Å². The van der Waals surface area contributed by atoms with Crippen molar-refractivity contribution in [2.45, 2.75) is 39.0 Å². The molecule has 0 amide bonds. The van der Waals surface area contributed by atoms with Gasteiger partial charge in [0.05, 0.1) is 0 Å². The summed E-state index contributed by atoms with van der Waals surface area (Å²) in [6, 6.07) is 31.3. The van der Waals surface area contributed by atoms with Crippen LogP contribution in [0.5, 0.6) is 0 Å². The molecule has 4 aromatic rings. The van der Waals surface area contributed by atoms with E-state index in [0.29, 0.717) is 5.92 Å². The Morgan fingerprint density at radius 3 is 1.79 bits per heavy atom. The topological polar surface area (TPSA) is 0 Å². The minimum Gasteiger partial charge on any atom is -0.0836 e. The van der Waals surface area contributed by atoms with Crippen LogP contribution in [0, 0.1) is 13.8 Å². The van der Waals surface area contributed by atoms with Crippen LogP contribution in [0.4, 0.5) is 0 Å². The van der Waals surface area contributed by atoms with Gasteiger partial charge in [-0.05, 0) is 113 Å². The zero-order valence-corrected chi connectivity index (χ0v) is 22.3. The summed E-state index contributed by atoms with van der Waals surface area (Å²) < 4.78 is 0. The van der Waals surface area contributed by atoms with Crippen molar-refractivity contribution < 1.29 is 0 Å². The molecule has 2 aliphatic carbocycles. The molecule has 0 nitrogen and oxygen atoms in total. The molecule has 0 spiro atoms. The van der Waals surface area contributed by atoms with Crippen LogP contribution >= 0.6 is 0 Å². The fourth-order valence-corrected chi connectivity index (χ4v) is 5.93. The van der Waals surface area contributed by atoms with Crippen molar-refractivity contribution in [3.05, 3.63) is 150 Å². The first-order chi connectivity index (χ1) is 18.7. The molecule has 0 N–H and O–H groups in total. The molecule has 0 radical (unpaired) electrons. The summed E-state index contributed by atoms with van der Waals surface area (Å²) in [5.74, 6) is 0.402. The zero-order chi connectivity index (χ0) is 25.9. The Bertz CT molecular complexity index is 1520. The minimum absolute atomic E-state index is 0.402. The molecule has 186 valence electrons. The number of benzene rings is 4. The normalized spacial score (nSPS) is 16.5.